The molecule has 0 aliphatic rings. The zero-order chi connectivity index (χ0) is 15.7. The number of benzene rings is 1. The summed E-state index contributed by atoms with van der Waals surface area (Å²) in [6.07, 6.45) is 0. The lowest BCUT2D eigenvalue weighted by molar-refractivity contribution is 0.0520. The van der Waals surface area contributed by atoms with Gasteiger partial charge in [0.2, 0.25) is 0 Å². The number of nitrogens with zero attached hydrogens (tertiary/aromatic N) is 2. The number of nitrogen functional groups attached to an aromatic ring is 1. The Morgan fingerprint density at radius 1 is 1.29 bits per heavy atom. The molecule has 0 bridgehead atoms. The molecule has 1 aromatic carbocycles. The molecule has 0 radical (unpaired) electrons. The van der Waals surface area contributed by atoms with Gasteiger partial charge in [0.25, 0.3) is 0 Å². The Labute approximate surface area is 124 Å². The van der Waals surface area contributed by atoms with Gasteiger partial charge in [-0.1, -0.05) is 17.7 Å². The molecule has 0 fully saturated rings. The highest BCUT2D eigenvalue weighted by Crippen LogP contribution is 2.34. The van der Waals surface area contributed by atoms with Crippen molar-refractivity contribution in [2.45, 2.75) is 27.7 Å². The summed E-state index contributed by atoms with van der Waals surface area (Å²) in [4.78, 5) is 11.9. The van der Waals surface area contributed by atoms with Gasteiger partial charge in [-0.25, -0.2) is 4.79 Å². The molecular formula is C16H21N3O2. The first-order chi connectivity index (χ1) is 9.86. The van der Waals surface area contributed by atoms with E-state index in [0.717, 1.165) is 22.4 Å². The van der Waals surface area contributed by atoms with E-state index in [9.17, 15) is 4.79 Å². The molecule has 21 heavy (non-hydrogen) atoms. The number of rotatable bonds is 3. The summed E-state index contributed by atoms with van der Waals surface area (Å²) in [7, 11) is 1.78. The van der Waals surface area contributed by atoms with Crippen LogP contribution in [0.25, 0.3) is 11.3 Å². The number of carbonyl (C=O) groups excluding carboxylic acids is 1. The van der Waals surface area contributed by atoms with Crippen molar-refractivity contribution in [2.75, 3.05) is 12.3 Å². The van der Waals surface area contributed by atoms with Crippen LogP contribution in [0.5, 0.6) is 0 Å². The van der Waals surface area contributed by atoms with Gasteiger partial charge in [-0.3, -0.25) is 4.68 Å². The average Bonchev–Trinajstić information content (AvgIpc) is 2.66. The smallest absolute Gasteiger partial charge is 0.361 e. The minimum atomic E-state index is -0.487. The summed E-state index contributed by atoms with van der Waals surface area (Å²) >= 11 is 0. The van der Waals surface area contributed by atoms with Crippen LogP contribution in [0.4, 0.5) is 5.69 Å². The maximum Gasteiger partial charge on any atom is 0.361 e. The summed E-state index contributed by atoms with van der Waals surface area (Å²) in [6, 6.07) is 4.19. The number of aryl methyl sites for hydroxylation is 4. The summed E-state index contributed by atoms with van der Waals surface area (Å²) in [5.74, 6) is -0.487. The third kappa shape index (κ3) is 2.63. The molecule has 2 rings (SSSR count). The first-order valence-corrected chi connectivity index (χ1v) is 6.94. The van der Waals surface area contributed by atoms with E-state index in [1.54, 1.807) is 18.7 Å². The summed E-state index contributed by atoms with van der Waals surface area (Å²) in [5, 5.41) is 4.23. The average molecular weight is 287 g/mol. The van der Waals surface area contributed by atoms with Crippen LogP contribution in [0.1, 0.15) is 34.1 Å². The van der Waals surface area contributed by atoms with E-state index in [2.05, 4.69) is 24.2 Å². The van der Waals surface area contributed by atoms with Crippen LogP contribution in [0.2, 0.25) is 0 Å². The molecule has 2 aromatic rings. The molecule has 0 unspecified atom stereocenters. The molecule has 0 aliphatic heterocycles. The lowest BCUT2D eigenvalue weighted by Crippen LogP contribution is -2.08. The number of ether oxygens (including phenoxy) is 1. The Morgan fingerprint density at radius 2 is 1.86 bits per heavy atom. The van der Waals surface area contributed by atoms with Crippen LogP contribution in [-0.2, 0) is 11.8 Å². The molecule has 0 saturated carbocycles. The first-order valence-electron chi connectivity index (χ1n) is 6.94. The maximum absolute atomic E-state index is 11.9. The van der Waals surface area contributed by atoms with Crippen LogP contribution in [-0.4, -0.2) is 22.4 Å². The minimum absolute atomic E-state index is 0.175. The van der Waals surface area contributed by atoms with Crippen molar-refractivity contribution in [1.29, 1.82) is 0 Å². The predicted molar refractivity (Wildman–Crippen MR) is 83.2 cm³/mol. The lowest BCUT2D eigenvalue weighted by Gasteiger charge is -2.12. The van der Waals surface area contributed by atoms with Crippen molar-refractivity contribution in [3.63, 3.8) is 0 Å². The topological polar surface area (TPSA) is 70.1 Å². The SMILES string of the molecule is CCOC(=O)c1nn(C)c(-c2c(C)cc(C)cc2C)c1N. The van der Waals surface area contributed by atoms with E-state index in [0.29, 0.717) is 12.3 Å². The molecule has 0 atom stereocenters. The molecule has 112 valence electrons. The molecule has 0 amide bonds. The van der Waals surface area contributed by atoms with Crippen LogP contribution in [0.15, 0.2) is 12.1 Å². The number of hydrogen-bond acceptors (Lipinski definition) is 4. The molecule has 1 heterocycles. The highest BCUT2D eigenvalue weighted by atomic mass is 16.5. The minimum Gasteiger partial charge on any atom is -0.461 e. The van der Waals surface area contributed by atoms with Crippen molar-refractivity contribution >= 4 is 11.7 Å². The molecule has 0 saturated heterocycles. The standard InChI is InChI=1S/C16H21N3O2/c1-6-21-16(20)14-13(17)15(19(5)18-14)12-10(3)7-9(2)8-11(12)4/h7-8H,6,17H2,1-5H3. The van der Waals surface area contributed by atoms with Crippen LogP contribution < -0.4 is 5.73 Å². The zero-order valence-electron chi connectivity index (χ0n) is 13.2. The molecule has 0 spiro atoms. The zero-order valence-corrected chi connectivity index (χ0v) is 13.2. The van der Waals surface area contributed by atoms with Crippen LogP contribution in [0, 0.1) is 20.8 Å². The van der Waals surface area contributed by atoms with E-state index in [1.807, 2.05) is 13.8 Å². The van der Waals surface area contributed by atoms with Crippen molar-refractivity contribution < 1.29 is 9.53 Å². The molecule has 5 heteroatoms. The summed E-state index contributed by atoms with van der Waals surface area (Å²) in [5.41, 5.74) is 11.9. The highest BCUT2D eigenvalue weighted by Gasteiger charge is 2.23. The van der Waals surface area contributed by atoms with Crippen LogP contribution in [0.3, 0.4) is 0 Å². The number of esters is 1. The van der Waals surface area contributed by atoms with Gasteiger partial charge in [-0.15, -0.1) is 0 Å². The molecule has 2 N–H and O–H groups in total. The normalized spacial score (nSPS) is 10.7. The Balaban J connectivity index is 2.64. The number of hydrogen-bond donors (Lipinski definition) is 1. The number of nitrogens with two attached hydrogens (primary N) is 1. The Morgan fingerprint density at radius 3 is 2.38 bits per heavy atom. The second kappa shape index (κ2) is 5.60. The van der Waals surface area contributed by atoms with Gasteiger partial charge in [0.05, 0.1) is 18.0 Å². The second-order valence-electron chi connectivity index (χ2n) is 5.23. The van der Waals surface area contributed by atoms with E-state index < -0.39 is 5.97 Å². The van der Waals surface area contributed by atoms with Gasteiger partial charge in [-0.05, 0) is 38.8 Å². The molecular weight excluding hydrogens is 266 g/mol. The molecule has 1 aromatic heterocycles. The van der Waals surface area contributed by atoms with Gasteiger partial charge in [-0.2, -0.15) is 5.10 Å². The van der Waals surface area contributed by atoms with Gasteiger partial charge < -0.3 is 10.5 Å². The van der Waals surface area contributed by atoms with Crippen molar-refractivity contribution in [3.8, 4) is 11.3 Å². The van der Waals surface area contributed by atoms with E-state index in [-0.39, 0.29) is 5.69 Å². The number of aromatic nitrogens is 2. The maximum atomic E-state index is 11.9. The third-order valence-electron chi connectivity index (χ3n) is 3.47. The van der Waals surface area contributed by atoms with Gasteiger partial charge in [0.15, 0.2) is 5.69 Å². The van der Waals surface area contributed by atoms with Gasteiger partial charge in [0.1, 0.15) is 0 Å². The third-order valence-corrected chi connectivity index (χ3v) is 3.47. The Hall–Kier alpha value is -2.30. The van der Waals surface area contributed by atoms with Crippen LogP contribution >= 0.6 is 0 Å². The van der Waals surface area contributed by atoms with E-state index in [4.69, 9.17) is 10.5 Å². The fraction of sp³-hybridized carbons (Fsp3) is 0.375. The molecule has 0 aliphatic carbocycles. The van der Waals surface area contributed by atoms with Crippen molar-refractivity contribution in [2.24, 2.45) is 7.05 Å². The predicted octanol–water partition coefficient (Wildman–Crippen LogP) is 2.77. The van der Waals surface area contributed by atoms with Gasteiger partial charge >= 0.3 is 5.97 Å². The van der Waals surface area contributed by atoms with E-state index in [1.165, 1.54) is 5.56 Å². The molecule has 5 nitrogen and oxygen atoms in total. The quantitative estimate of drug-likeness (QED) is 0.881. The summed E-state index contributed by atoms with van der Waals surface area (Å²) < 4.78 is 6.64. The summed E-state index contributed by atoms with van der Waals surface area (Å²) in [6.45, 7) is 8.18. The largest absolute Gasteiger partial charge is 0.461 e. The Bertz CT molecular complexity index is 679. The highest BCUT2D eigenvalue weighted by molar-refractivity contribution is 5.97. The first kappa shape index (κ1) is 15.1. The van der Waals surface area contributed by atoms with Gasteiger partial charge in [0, 0.05) is 12.6 Å². The monoisotopic (exact) mass is 287 g/mol. The van der Waals surface area contributed by atoms with Crippen molar-refractivity contribution in [3.05, 3.63) is 34.5 Å². The number of anilines is 1. The Kier molecular flexibility index (Phi) is 4.02. The van der Waals surface area contributed by atoms with Crippen molar-refractivity contribution in [1.82, 2.24) is 9.78 Å². The van der Waals surface area contributed by atoms with E-state index >= 15 is 0 Å². The second-order valence-corrected chi connectivity index (χ2v) is 5.23. The number of carbonyl (C=O) groups is 1. The fourth-order valence-corrected chi connectivity index (χ4v) is 2.74. The fourth-order valence-electron chi connectivity index (χ4n) is 2.74. The lowest BCUT2D eigenvalue weighted by atomic mass is 9.96.